The van der Waals surface area contributed by atoms with Gasteiger partial charge in [0.25, 0.3) is 5.69 Å². The molecule has 2 aromatic carbocycles. The van der Waals surface area contributed by atoms with Gasteiger partial charge in [0.1, 0.15) is 5.82 Å². The van der Waals surface area contributed by atoms with E-state index in [0.29, 0.717) is 23.2 Å². The van der Waals surface area contributed by atoms with Gasteiger partial charge in [0.2, 0.25) is 0 Å². The Balaban J connectivity index is 1.59. The number of hydrogen-bond donors (Lipinski definition) is 2. The predicted octanol–water partition coefficient (Wildman–Crippen LogP) is 4.89. The summed E-state index contributed by atoms with van der Waals surface area (Å²) in [5.74, 6) is 2.51. The van der Waals surface area contributed by atoms with E-state index in [1.807, 2.05) is 24.3 Å². The van der Waals surface area contributed by atoms with Crippen LogP contribution in [-0.2, 0) is 0 Å². The highest BCUT2D eigenvalue weighted by molar-refractivity contribution is 5.90. The Bertz CT molecular complexity index is 1100. The van der Waals surface area contributed by atoms with Gasteiger partial charge in [0, 0.05) is 18.0 Å². The molecule has 0 radical (unpaired) electrons. The zero-order chi connectivity index (χ0) is 21.6. The Labute approximate surface area is 181 Å². The van der Waals surface area contributed by atoms with E-state index in [0.717, 1.165) is 36.2 Å². The average Bonchev–Trinajstić information content (AvgIpc) is 2.81. The van der Waals surface area contributed by atoms with Crippen LogP contribution in [0.5, 0.6) is 0 Å². The van der Waals surface area contributed by atoms with Crippen molar-refractivity contribution < 1.29 is 4.92 Å². The summed E-state index contributed by atoms with van der Waals surface area (Å²) in [4.78, 5) is 20.2. The lowest BCUT2D eigenvalue weighted by Crippen LogP contribution is -2.26. The number of para-hydroxylation sites is 2. The third kappa shape index (κ3) is 5.06. The van der Waals surface area contributed by atoms with Crippen molar-refractivity contribution in [1.82, 2.24) is 9.97 Å². The Morgan fingerprint density at radius 1 is 1.06 bits per heavy atom. The van der Waals surface area contributed by atoms with Crippen LogP contribution in [0.1, 0.15) is 37.1 Å². The van der Waals surface area contributed by atoms with Gasteiger partial charge in [0.05, 0.1) is 16.0 Å². The van der Waals surface area contributed by atoms with Gasteiger partial charge in [-0.1, -0.05) is 30.7 Å². The molecule has 0 bridgehead atoms. The molecule has 160 valence electrons. The number of fused-ring (bicyclic) bond motifs is 1. The number of nitrogens with one attached hydrogen (secondary N) is 1. The summed E-state index contributed by atoms with van der Waals surface area (Å²) < 4.78 is 0. The van der Waals surface area contributed by atoms with E-state index >= 15 is 0 Å². The van der Waals surface area contributed by atoms with Gasteiger partial charge < -0.3 is 11.1 Å². The van der Waals surface area contributed by atoms with E-state index in [-0.39, 0.29) is 10.6 Å². The number of rotatable bonds is 7. The fourth-order valence-corrected chi connectivity index (χ4v) is 4.31. The lowest BCUT2D eigenvalue weighted by Gasteiger charge is -2.28. The Morgan fingerprint density at radius 3 is 2.68 bits per heavy atom. The maximum absolute atomic E-state index is 11.3. The number of benzene rings is 2. The normalized spacial score (nSPS) is 19.0. The number of nitrogens with zero attached hydrogens (tertiary/aromatic N) is 3. The van der Waals surface area contributed by atoms with Gasteiger partial charge in [-0.2, -0.15) is 0 Å². The molecule has 1 aromatic heterocycles. The predicted molar refractivity (Wildman–Crippen MR) is 125 cm³/mol. The number of hydrogen-bond acceptors (Lipinski definition) is 6. The van der Waals surface area contributed by atoms with Crippen LogP contribution in [0.2, 0.25) is 0 Å². The first-order chi connectivity index (χ1) is 15.1. The van der Waals surface area contributed by atoms with Gasteiger partial charge in [0.15, 0.2) is 5.82 Å². The minimum absolute atomic E-state index is 0.0599. The average molecular weight is 418 g/mol. The number of anilines is 1. The molecule has 0 amide bonds. The third-order valence-corrected chi connectivity index (χ3v) is 5.95. The lowest BCUT2D eigenvalue weighted by molar-refractivity contribution is -0.385. The van der Waals surface area contributed by atoms with Crippen LogP contribution in [0.3, 0.4) is 0 Å². The van der Waals surface area contributed by atoms with Crippen LogP contribution in [0.4, 0.5) is 11.5 Å². The van der Waals surface area contributed by atoms with Crippen molar-refractivity contribution in [2.45, 2.75) is 25.7 Å². The first-order valence-corrected chi connectivity index (χ1v) is 10.8. The summed E-state index contributed by atoms with van der Waals surface area (Å²) >= 11 is 0. The van der Waals surface area contributed by atoms with Crippen molar-refractivity contribution in [1.29, 1.82) is 0 Å². The van der Waals surface area contributed by atoms with Crippen LogP contribution in [0, 0.1) is 22.0 Å². The molecule has 0 spiro atoms. The quantitative estimate of drug-likeness (QED) is 0.419. The van der Waals surface area contributed by atoms with Gasteiger partial charge in [-0.25, -0.2) is 9.97 Å². The van der Waals surface area contributed by atoms with Crippen LogP contribution in [0.15, 0.2) is 48.5 Å². The highest BCUT2D eigenvalue weighted by Gasteiger charge is 2.21. The van der Waals surface area contributed by atoms with E-state index in [1.54, 1.807) is 30.4 Å². The molecule has 0 aliphatic heterocycles. The van der Waals surface area contributed by atoms with Crippen molar-refractivity contribution in [3.8, 4) is 0 Å². The summed E-state index contributed by atoms with van der Waals surface area (Å²) in [6.45, 7) is 1.61. The van der Waals surface area contributed by atoms with Crippen LogP contribution in [0.25, 0.3) is 23.1 Å². The summed E-state index contributed by atoms with van der Waals surface area (Å²) in [5, 5.41) is 15.8. The SMILES string of the molecule is NCC1CCCC(CNc2nc(/C=C/c3ccccc3[N+](=O)[O-])nc3ccccc23)C1. The van der Waals surface area contributed by atoms with Gasteiger partial charge in [-0.05, 0) is 68.0 Å². The molecule has 1 fully saturated rings. The molecule has 0 saturated heterocycles. The topological polar surface area (TPSA) is 107 Å². The zero-order valence-electron chi connectivity index (χ0n) is 17.4. The van der Waals surface area contributed by atoms with Crippen molar-refractivity contribution in [2.24, 2.45) is 17.6 Å². The lowest BCUT2D eigenvalue weighted by atomic mass is 9.81. The number of nitro groups is 1. The van der Waals surface area contributed by atoms with Gasteiger partial charge in [-0.15, -0.1) is 0 Å². The number of nitro benzene ring substituents is 1. The molecular weight excluding hydrogens is 390 g/mol. The van der Waals surface area contributed by atoms with E-state index < -0.39 is 0 Å². The minimum atomic E-state index is -0.382. The molecule has 7 nitrogen and oxygen atoms in total. The van der Waals surface area contributed by atoms with E-state index in [9.17, 15) is 10.1 Å². The standard InChI is InChI=1S/C24H27N5O2/c25-15-17-6-5-7-18(14-17)16-26-24-20-9-2-3-10-21(20)27-23(28-24)13-12-19-8-1-4-11-22(19)29(30)31/h1-4,8-13,17-18H,5-7,14-16,25H2,(H,26,27,28)/b13-12+. The number of nitrogens with two attached hydrogens (primary N) is 1. The van der Waals surface area contributed by atoms with Crippen LogP contribution in [-0.4, -0.2) is 28.0 Å². The highest BCUT2D eigenvalue weighted by Crippen LogP contribution is 2.29. The summed E-state index contributed by atoms with van der Waals surface area (Å²) in [6.07, 6.45) is 8.23. The fourth-order valence-electron chi connectivity index (χ4n) is 4.31. The summed E-state index contributed by atoms with van der Waals surface area (Å²) in [5.41, 5.74) is 7.31. The van der Waals surface area contributed by atoms with Crippen molar-refractivity contribution in [2.75, 3.05) is 18.4 Å². The fraction of sp³-hybridized carbons (Fsp3) is 0.333. The monoisotopic (exact) mass is 417 g/mol. The van der Waals surface area contributed by atoms with Gasteiger partial charge >= 0.3 is 0 Å². The molecular formula is C24H27N5O2. The highest BCUT2D eigenvalue weighted by atomic mass is 16.6. The Kier molecular flexibility index (Phi) is 6.52. The molecule has 1 aliphatic rings. The van der Waals surface area contributed by atoms with Gasteiger partial charge in [-0.3, -0.25) is 10.1 Å². The van der Waals surface area contributed by atoms with Crippen molar-refractivity contribution in [3.05, 3.63) is 70.0 Å². The molecule has 1 saturated carbocycles. The summed E-state index contributed by atoms with van der Waals surface area (Å²) in [6, 6.07) is 14.5. The molecule has 1 heterocycles. The third-order valence-electron chi connectivity index (χ3n) is 5.95. The van der Waals surface area contributed by atoms with Crippen molar-refractivity contribution in [3.63, 3.8) is 0 Å². The Morgan fingerprint density at radius 2 is 1.84 bits per heavy atom. The molecule has 2 atom stereocenters. The van der Waals surface area contributed by atoms with Crippen molar-refractivity contribution >= 4 is 34.6 Å². The molecule has 4 rings (SSSR count). The second-order valence-electron chi connectivity index (χ2n) is 8.11. The minimum Gasteiger partial charge on any atom is -0.369 e. The molecule has 7 heteroatoms. The van der Waals surface area contributed by atoms with Crippen LogP contribution < -0.4 is 11.1 Å². The molecule has 1 aliphatic carbocycles. The second kappa shape index (κ2) is 9.66. The van der Waals surface area contributed by atoms with Crippen LogP contribution >= 0.6 is 0 Å². The first-order valence-electron chi connectivity index (χ1n) is 10.8. The maximum Gasteiger partial charge on any atom is 0.276 e. The molecule has 31 heavy (non-hydrogen) atoms. The maximum atomic E-state index is 11.3. The number of aromatic nitrogens is 2. The van der Waals surface area contributed by atoms with E-state index in [2.05, 4.69) is 10.3 Å². The largest absolute Gasteiger partial charge is 0.369 e. The smallest absolute Gasteiger partial charge is 0.276 e. The molecule has 3 aromatic rings. The zero-order valence-corrected chi connectivity index (χ0v) is 17.4. The summed E-state index contributed by atoms with van der Waals surface area (Å²) in [7, 11) is 0. The second-order valence-corrected chi connectivity index (χ2v) is 8.11. The van der Waals surface area contributed by atoms with E-state index in [4.69, 9.17) is 10.7 Å². The molecule has 3 N–H and O–H groups in total. The van der Waals surface area contributed by atoms with E-state index in [1.165, 1.54) is 25.3 Å². The Hall–Kier alpha value is -3.32. The first kappa shape index (κ1) is 20.9. The molecule has 2 unspecified atom stereocenters.